The number of aromatic nitrogens is 2. The zero-order valence-corrected chi connectivity index (χ0v) is 14.4. The van der Waals surface area contributed by atoms with E-state index in [0.717, 1.165) is 16.8 Å². The Morgan fingerprint density at radius 2 is 2.08 bits per heavy atom. The standard InChI is InChI=1S/C20H14ClFN2O/c1-4-11-8-9-15-12(10-11)17-18(20(2,3)25-15)24-19(23-17)16-13(21)6-5-7-14(16)22/h1,5-10H,2-3H3,(H,23,24). The highest BCUT2D eigenvalue weighted by molar-refractivity contribution is 6.33. The van der Waals surface area contributed by atoms with E-state index in [4.69, 9.17) is 22.8 Å². The van der Waals surface area contributed by atoms with Gasteiger partial charge in [0.05, 0.1) is 22.0 Å². The first-order chi connectivity index (χ1) is 11.9. The molecule has 0 unspecified atom stereocenters. The van der Waals surface area contributed by atoms with Crippen LogP contribution in [0.2, 0.25) is 5.02 Å². The first-order valence-corrected chi connectivity index (χ1v) is 8.13. The van der Waals surface area contributed by atoms with Crippen molar-refractivity contribution in [3.05, 3.63) is 58.5 Å². The average molecular weight is 353 g/mol. The maximum absolute atomic E-state index is 14.3. The Hall–Kier alpha value is -2.77. The van der Waals surface area contributed by atoms with E-state index in [0.29, 0.717) is 22.3 Å². The van der Waals surface area contributed by atoms with Gasteiger partial charge in [0.15, 0.2) is 0 Å². The Bertz CT molecular complexity index is 1030. The molecule has 5 heteroatoms. The molecule has 0 amide bonds. The van der Waals surface area contributed by atoms with Gasteiger partial charge in [0, 0.05) is 11.1 Å². The molecule has 124 valence electrons. The number of ether oxygens (including phenoxy) is 1. The number of terminal acetylenes is 1. The Kier molecular flexibility index (Phi) is 3.38. The molecule has 0 aliphatic carbocycles. The van der Waals surface area contributed by atoms with Crippen molar-refractivity contribution in [2.75, 3.05) is 0 Å². The maximum Gasteiger partial charge on any atom is 0.145 e. The minimum absolute atomic E-state index is 0.240. The van der Waals surface area contributed by atoms with Crippen molar-refractivity contribution in [2.24, 2.45) is 0 Å². The summed E-state index contributed by atoms with van der Waals surface area (Å²) in [6.45, 7) is 3.85. The number of H-pyrrole nitrogens is 1. The molecule has 1 N–H and O–H groups in total. The molecule has 1 aromatic heterocycles. The van der Waals surface area contributed by atoms with E-state index in [-0.39, 0.29) is 5.56 Å². The molecule has 25 heavy (non-hydrogen) atoms. The lowest BCUT2D eigenvalue weighted by atomic mass is 9.94. The molecule has 2 heterocycles. The lowest BCUT2D eigenvalue weighted by Crippen LogP contribution is -2.29. The van der Waals surface area contributed by atoms with Crippen LogP contribution in [-0.2, 0) is 5.60 Å². The molecule has 0 atom stereocenters. The highest BCUT2D eigenvalue weighted by atomic mass is 35.5. The number of rotatable bonds is 1. The molecule has 2 aromatic carbocycles. The number of aromatic amines is 1. The fourth-order valence-corrected chi connectivity index (χ4v) is 3.32. The number of nitrogens with one attached hydrogen (secondary N) is 1. The van der Waals surface area contributed by atoms with Gasteiger partial charge in [-0.1, -0.05) is 23.6 Å². The molecular formula is C20H14ClFN2O. The predicted octanol–water partition coefficient (Wildman–Crippen LogP) is 5.15. The van der Waals surface area contributed by atoms with Gasteiger partial charge in [-0.2, -0.15) is 0 Å². The summed E-state index contributed by atoms with van der Waals surface area (Å²) in [5.74, 6) is 3.23. The Morgan fingerprint density at radius 3 is 2.80 bits per heavy atom. The summed E-state index contributed by atoms with van der Waals surface area (Å²) in [5.41, 5.74) is 2.54. The minimum atomic E-state index is -0.650. The summed E-state index contributed by atoms with van der Waals surface area (Å²) in [7, 11) is 0. The summed E-state index contributed by atoms with van der Waals surface area (Å²) < 4.78 is 20.4. The second-order valence-electron chi connectivity index (χ2n) is 6.37. The minimum Gasteiger partial charge on any atom is -0.481 e. The summed E-state index contributed by atoms with van der Waals surface area (Å²) >= 11 is 6.19. The summed E-state index contributed by atoms with van der Waals surface area (Å²) in [4.78, 5) is 7.81. The summed E-state index contributed by atoms with van der Waals surface area (Å²) in [6.07, 6.45) is 5.51. The number of hydrogen-bond donors (Lipinski definition) is 1. The molecule has 0 fully saturated rings. The van der Waals surface area contributed by atoms with Gasteiger partial charge < -0.3 is 9.72 Å². The summed E-state index contributed by atoms with van der Waals surface area (Å²) in [6, 6.07) is 10.0. The summed E-state index contributed by atoms with van der Waals surface area (Å²) in [5, 5.41) is 0.294. The van der Waals surface area contributed by atoms with Gasteiger partial charge in [0.1, 0.15) is 23.0 Å². The molecule has 4 rings (SSSR count). The highest BCUT2D eigenvalue weighted by Gasteiger charge is 2.36. The first kappa shape index (κ1) is 15.7. The largest absolute Gasteiger partial charge is 0.481 e. The average Bonchev–Trinajstić information content (AvgIpc) is 3.00. The van der Waals surface area contributed by atoms with Crippen molar-refractivity contribution in [3.63, 3.8) is 0 Å². The van der Waals surface area contributed by atoms with Gasteiger partial charge in [-0.05, 0) is 44.2 Å². The number of imidazole rings is 1. The van der Waals surface area contributed by atoms with E-state index in [1.165, 1.54) is 6.07 Å². The third-order valence-corrected chi connectivity index (χ3v) is 4.59. The van der Waals surface area contributed by atoms with Crippen LogP contribution in [0.1, 0.15) is 25.1 Å². The van der Waals surface area contributed by atoms with Crippen molar-refractivity contribution < 1.29 is 9.13 Å². The second-order valence-corrected chi connectivity index (χ2v) is 6.78. The van der Waals surface area contributed by atoms with Crippen LogP contribution in [-0.4, -0.2) is 9.97 Å². The van der Waals surface area contributed by atoms with Crippen LogP contribution >= 0.6 is 11.6 Å². The van der Waals surface area contributed by atoms with E-state index < -0.39 is 11.4 Å². The van der Waals surface area contributed by atoms with Gasteiger partial charge in [0.25, 0.3) is 0 Å². The molecule has 0 radical (unpaired) electrons. The van der Waals surface area contributed by atoms with Gasteiger partial charge in [-0.25, -0.2) is 9.37 Å². The lowest BCUT2D eigenvalue weighted by molar-refractivity contribution is 0.101. The fourth-order valence-electron chi connectivity index (χ4n) is 3.07. The van der Waals surface area contributed by atoms with Crippen LogP contribution in [0.25, 0.3) is 22.6 Å². The molecule has 1 aliphatic heterocycles. The first-order valence-electron chi connectivity index (χ1n) is 7.75. The Balaban J connectivity index is 1.98. The molecule has 0 saturated carbocycles. The Morgan fingerprint density at radius 1 is 1.28 bits per heavy atom. The molecular weight excluding hydrogens is 339 g/mol. The monoisotopic (exact) mass is 352 g/mol. The quantitative estimate of drug-likeness (QED) is 0.615. The SMILES string of the molecule is C#Cc1ccc2c(c1)-c1nc(-c3c(F)cccc3Cl)[nH]c1C(C)(C)O2. The lowest BCUT2D eigenvalue weighted by Gasteiger charge is -2.31. The highest BCUT2D eigenvalue weighted by Crippen LogP contribution is 2.45. The molecule has 3 nitrogen and oxygen atoms in total. The van der Waals surface area contributed by atoms with Crippen LogP contribution in [0, 0.1) is 18.2 Å². The van der Waals surface area contributed by atoms with Gasteiger partial charge in [-0.15, -0.1) is 6.42 Å². The second kappa shape index (κ2) is 5.37. The van der Waals surface area contributed by atoms with E-state index in [1.807, 2.05) is 32.0 Å². The number of nitrogens with zero attached hydrogens (tertiary/aromatic N) is 1. The van der Waals surface area contributed by atoms with Gasteiger partial charge in [0.2, 0.25) is 0 Å². The van der Waals surface area contributed by atoms with Crippen molar-refractivity contribution in [1.82, 2.24) is 9.97 Å². The number of hydrogen-bond acceptors (Lipinski definition) is 2. The van der Waals surface area contributed by atoms with E-state index in [9.17, 15) is 4.39 Å². The Labute approximate surface area is 149 Å². The predicted molar refractivity (Wildman–Crippen MR) is 96.0 cm³/mol. The zero-order valence-electron chi connectivity index (χ0n) is 13.7. The zero-order chi connectivity index (χ0) is 17.8. The fraction of sp³-hybridized carbons (Fsp3) is 0.150. The molecule has 0 saturated heterocycles. The van der Waals surface area contributed by atoms with Gasteiger partial charge >= 0.3 is 0 Å². The van der Waals surface area contributed by atoms with Crippen LogP contribution in [0.4, 0.5) is 4.39 Å². The third-order valence-electron chi connectivity index (χ3n) is 4.27. The van der Waals surface area contributed by atoms with E-state index in [1.54, 1.807) is 12.1 Å². The maximum atomic E-state index is 14.3. The van der Waals surface area contributed by atoms with Crippen molar-refractivity contribution in [1.29, 1.82) is 0 Å². The smallest absolute Gasteiger partial charge is 0.145 e. The van der Waals surface area contributed by atoms with Crippen molar-refractivity contribution >= 4 is 11.6 Å². The van der Waals surface area contributed by atoms with Crippen molar-refractivity contribution in [2.45, 2.75) is 19.4 Å². The van der Waals surface area contributed by atoms with Gasteiger partial charge in [-0.3, -0.25) is 0 Å². The molecule has 1 aliphatic rings. The van der Waals surface area contributed by atoms with Crippen LogP contribution in [0.15, 0.2) is 36.4 Å². The number of fused-ring (bicyclic) bond motifs is 3. The number of halogens is 2. The van der Waals surface area contributed by atoms with Crippen molar-refractivity contribution in [3.8, 4) is 40.7 Å². The third kappa shape index (κ3) is 2.40. The normalized spacial score (nSPS) is 14.2. The van der Waals surface area contributed by atoms with Crippen LogP contribution < -0.4 is 4.74 Å². The van der Waals surface area contributed by atoms with E-state index in [2.05, 4.69) is 15.9 Å². The topological polar surface area (TPSA) is 37.9 Å². The van der Waals surface area contributed by atoms with Crippen LogP contribution in [0.5, 0.6) is 5.75 Å². The van der Waals surface area contributed by atoms with E-state index >= 15 is 0 Å². The number of benzene rings is 2. The van der Waals surface area contributed by atoms with Crippen LogP contribution in [0.3, 0.4) is 0 Å². The molecule has 3 aromatic rings. The molecule has 0 bridgehead atoms. The molecule has 0 spiro atoms.